The molecule has 1 heterocycles. The number of hydrogen-bond acceptors (Lipinski definition) is 2. The third kappa shape index (κ3) is 2.58. The fourth-order valence-electron chi connectivity index (χ4n) is 3.33. The lowest BCUT2D eigenvalue weighted by molar-refractivity contribution is -0.148. The molecular weight excluding hydrogens is 276 g/mol. The summed E-state index contributed by atoms with van der Waals surface area (Å²) in [6, 6.07) is 0. The number of carboxylic acids is 1. The SMILES string of the molecule is CCc1nn(CC)c(CC2(C(=O)O)CCC(C)C2)c1Cl. The van der Waals surface area contributed by atoms with Crippen LogP contribution in [0.25, 0.3) is 0 Å². The third-order valence-corrected chi connectivity index (χ3v) is 4.94. The number of carbonyl (C=O) groups is 1. The first-order chi connectivity index (χ1) is 9.43. The van der Waals surface area contributed by atoms with Crippen molar-refractivity contribution in [2.24, 2.45) is 11.3 Å². The molecule has 4 nitrogen and oxygen atoms in total. The molecule has 0 spiro atoms. The summed E-state index contributed by atoms with van der Waals surface area (Å²) in [5, 5.41) is 14.8. The Balaban J connectivity index is 2.37. The molecule has 0 bridgehead atoms. The Kier molecular flexibility index (Phi) is 4.43. The van der Waals surface area contributed by atoms with Crippen LogP contribution < -0.4 is 0 Å². The van der Waals surface area contributed by atoms with E-state index in [1.54, 1.807) is 0 Å². The maximum atomic E-state index is 11.8. The second-order valence-corrected chi connectivity index (χ2v) is 6.36. The smallest absolute Gasteiger partial charge is 0.310 e. The lowest BCUT2D eigenvalue weighted by Gasteiger charge is -2.24. The average Bonchev–Trinajstić information content (AvgIpc) is 2.93. The largest absolute Gasteiger partial charge is 0.481 e. The molecule has 1 fully saturated rings. The van der Waals surface area contributed by atoms with Crippen LogP contribution in [-0.2, 0) is 24.2 Å². The van der Waals surface area contributed by atoms with Gasteiger partial charge in [-0.1, -0.05) is 25.4 Å². The topological polar surface area (TPSA) is 55.1 Å². The monoisotopic (exact) mass is 298 g/mol. The minimum Gasteiger partial charge on any atom is -0.481 e. The van der Waals surface area contributed by atoms with Gasteiger partial charge >= 0.3 is 5.97 Å². The Bertz CT molecular complexity index is 512. The van der Waals surface area contributed by atoms with Crippen molar-refractivity contribution in [3.63, 3.8) is 0 Å². The van der Waals surface area contributed by atoms with E-state index < -0.39 is 11.4 Å². The van der Waals surface area contributed by atoms with Crippen LogP contribution in [0.1, 0.15) is 51.4 Å². The molecule has 0 radical (unpaired) electrons. The summed E-state index contributed by atoms with van der Waals surface area (Å²) in [5.41, 5.74) is 1.10. The van der Waals surface area contributed by atoms with Gasteiger partial charge in [-0.05, 0) is 38.5 Å². The summed E-state index contributed by atoms with van der Waals surface area (Å²) < 4.78 is 1.87. The van der Waals surface area contributed by atoms with Crippen molar-refractivity contribution in [3.05, 3.63) is 16.4 Å². The van der Waals surface area contributed by atoms with Gasteiger partial charge in [-0.25, -0.2) is 0 Å². The van der Waals surface area contributed by atoms with Crippen LogP contribution in [0.15, 0.2) is 0 Å². The van der Waals surface area contributed by atoms with Gasteiger partial charge in [0.25, 0.3) is 0 Å². The minimum absolute atomic E-state index is 0.466. The highest BCUT2D eigenvalue weighted by atomic mass is 35.5. The normalized spacial score (nSPS) is 26.1. The van der Waals surface area contributed by atoms with Gasteiger partial charge in [0.15, 0.2) is 0 Å². The molecule has 1 saturated carbocycles. The van der Waals surface area contributed by atoms with Gasteiger partial charge in [0.1, 0.15) is 0 Å². The summed E-state index contributed by atoms with van der Waals surface area (Å²) >= 11 is 6.41. The van der Waals surface area contributed by atoms with E-state index in [0.717, 1.165) is 43.6 Å². The van der Waals surface area contributed by atoms with Crippen molar-refractivity contribution in [3.8, 4) is 0 Å². The molecular formula is C15H23ClN2O2. The van der Waals surface area contributed by atoms with Gasteiger partial charge in [0.2, 0.25) is 0 Å². The summed E-state index contributed by atoms with van der Waals surface area (Å²) in [6.45, 7) is 6.88. The number of rotatable bonds is 5. The fourth-order valence-corrected chi connectivity index (χ4v) is 3.67. The number of aryl methyl sites for hydroxylation is 2. The van der Waals surface area contributed by atoms with E-state index in [1.165, 1.54) is 0 Å². The van der Waals surface area contributed by atoms with E-state index in [2.05, 4.69) is 12.0 Å². The number of nitrogens with zero attached hydrogens (tertiary/aromatic N) is 2. The molecule has 5 heteroatoms. The lowest BCUT2D eigenvalue weighted by atomic mass is 9.80. The number of aromatic nitrogens is 2. The van der Waals surface area contributed by atoms with Crippen LogP contribution in [0.2, 0.25) is 5.02 Å². The van der Waals surface area contributed by atoms with Gasteiger partial charge in [-0.15, -0.1) is 0 Å². The molecule has 1 aromatic rings. The van der Waals surface area contributed by atoms with Crippen molar-refractivity contribution in [2.75, 3.05) is 0 Å². The van der Waals surface area contributed by atoms with Crippen LogP contribution in [0.3, 0.4) is 0 Å². The predicted octanol–water partition coefficient (Wildman–Crippen LogP) is 3.55. The Morgan fingerprint density at radius 3 is 2.70 bits per heavy atom. The van der Waals surface area contributed by atoms with Crippen molar-refractivity contribution >= 4 is 17.6 Å². The highest BCUT2D eigenvalue weighted by molar-refractivity contribution is 6.31. The summed E-state index contributed by atoms with van der Waals surface area (Å²) in [4.78, 5) is 11.8. The molecule has 2 atom stereocenters. The van der Waals surface area contributed by atoms with E-state index >= 15 is 0 Å². The van der Waals surface area contributed by atoms with Crippen molar-refractivity contribution in [2.45, 2.75) is 59.4 Å². The predicted molar refractivity (Wildman–Crippen MR) is 79.1 cm³/mol. The number of hydrogen-bond donors (Lipinski definition) is 1. The Morgan fingerprint density at radius 2 is 2.25 bits per heavy atom. The Morgan fingerprint density at radius 1 is 1.55 bits per heavy atom. The molecule has 0 amide bonds. The number of carboxylic acid groups (broad SMARTS) is 1. The molecule has 1 aliphatic rings. The second kappa shape index (κ2) is 5.76. The Hall–Kier alpha value is -1.03. The first kappa shape index (κ1) is 15.4. The average molecular weight is 299 g/mol. The maximum Gasteiger partial charge on any atom is 0.310 e. The number of aliphatic carboxylic acids is 1. The van der Waals surface area contributed by atoms with Gasteiger partial charge < -0.3 is 5.11 Å². The minimum atomic E-state index is -0.695. The standard InChI is InChI=1S/C15H23ClN2O2/c1-4-11-13(16)12(18(5-2)17-11)9-15(14(19)20)7-6-10(3)8-15/h10H,4-9H2,1-3H3,(H,19,20). The quantitative estimate of drug-likeness (QED) is 0.904. The van der Waals surface area contributed by atoms with E-state index in [1.807, 2.05) is 18.5 Å². The van der Waals surface area contributed by atoms with Gasteiger partial charge in [0.05, 0.1) is 21.8 Å². The summed E-state index contributed by atoms with van der Waals surface area (Å²) in [6.07, 6.45) is 3.71. The molecule has 2 rings (SSSR count). The highest BCUT2D eigenvalue weighted by Gasteiger charge is 2.45. The van der Waals surface area contributed by atoms with Crippen molar-refractivity contribution in [1.29, 1.82) is 0 Å². The highest BCUT2D eigenvalue weighted by Crippen LogP contribution is 2.45. The van der Waals surface area contributed by atoms with Crippen molar-refractivity contribution in [1.82, 2.24) is 9.78 Å². The van der Waals surface area contributed by atoms with Crippen LogP contribution in [-0.4, -0.2) is 20.9 Å². The molecule has 1 aromatic heterocycles. The van der Waals surface area contributed by atoms with E-state index in [0.29, 0.717) is 17.4 Å². The molecule has 20 heavy (non-hydrogen) atoms. The van der Waals surface area contributed by atoms with Gasteiger partial charge in [0, 0.05) is 13.0 Å². The molecule has 112 valence electrons. The first-order valence-corrected chi connectivity index (χ1v) is 7.78. The van der Waals surface area contributed by atoms with Gasteiger partial charge in [-0.2, -0.15) is 5.10 Å². The molecule has 0 aliphatic heterocycles. The lowest BCUT2D eigenvalue weighted by Crippen LogP contribution is -2.31. The molecule has 1 N–H and O–H groups in total. The zero-order valence-electron chi connectivity index (χ0n) is 12.4. The zero-order chi connectivity index (χ0) is 14.9. The van der Waals surface area contributed by atoms with E-state index in [9.17, 15) is 9.90 Å². The first-order valence-electron chi connectivity index (χ1n) is 7.41. The van der Waals surface area contributed by atoms with Crippen LogP contribution >= 0.6 is 11.6 Å². The van der Waals surface area contributed by atoms with Crippen LogP contribution in [0.4, 0.5) is 0 Å². The maximum absolute atomic E-state index is 11.8. The molecule has 0 aromatic carbocycles. The van der Waals surface area contributed by atoms with Gasteiger partial charge in [-0.3, -0.25) is 9.48 Å². The summed E-state index contributed by atoms with van der Waals surface area (Å²) in [5.74, 6) is -0.228. The zero-order valence-corrected chi connectivity index (χ0v) is 13.2. The Labute approximate surface area is 125 Å². The van der Waals surface area contributed by atoms with Crippen LogP contribution in [0.5, 0.6) is 0 Å². The molecule has 0 saturated heterocycles. The van der Waals surface area contributed by atoms with E-state index in [-0.39, 0.29) is 0 Å². The van der Waals surface area contributed by atoms with Crippen molar-refractivity contribution < 1.29 is 9.90 Å². The van der Waals surface area contributed by atoms with Crippen LogP contribution in [0, 0.1) is 11.3 Å². The van der Waals surface area contributed by atoms with E-state index in [4.69, 9.17) is 11.6 Å². The third-order valence-electron chi connectivity index (χ3n) is 4.51. The fraction of sp³-hybridized carbons (Fsp3) is 0.733. The molecule has 1 aliphatic carbocycles. The summed E-state index contributed by atoms with van der Waals surface area (Å²) in [7, 11) is 0. The molecule has 2 unspecified atom stereocenters. The number of halogens is 1. The second-order valence-electron chi connectivity index (χ2n) is 5.99.